The number of aryl methyl sites for hydroxylation is 1. The zero-order valence-electron chi connectivity index (χ0n) is 17.2. The number of aliphatic imine (C=N–C) groups is 1. The molecule has 9 heteroatoms. The van der Waals surface area contributed by atoms with Crippen LogP contribution >= 0.6 is 11.3 Å². The number of alkyl halides is 3. The third-order valence-electron chi connectivity index (χ3n) is 5.37. The molecule has 0 atom stereocenters. The summed E-state index contributed by atoms with van der Waals surface area (Å²) in [6.45, 7) is 4.22. The van der Waals surface area contributed by atoms with Crippen LogP contribution in [0.2, 0.25) is 0 Å². The molecule has 30 heavy (non-hydrogen) atoms. The second kappa shape index (κ2) is 9.78. The molecule has 0 radical (unpaired) electrons. The van der Waals surface area contributed by atoms with Crippen LogP contribution in [0, 0.1) is 6.92 Å². The maximum atomic E-state index is 13.2. The van der Waals surface area contributed by atoms with E-state index in [4.69, 9.17) is 4.74 Å². The molecule has 0 aliphatic carbocycles. The number of benzene rings is 1. The van der Waals surface area contributed by atoms with Gasteiger partial charge in [-0.1, -0.05) is 18.2 Å². The van der Waals surface area contributed by atoms with Gasteiger partial charge in [0.2, 0.25) is 0 Å². The van der Waals surface area contributed by atoms with Gasteiger partial charge in [0, 0.05) is 56.3 Å². The van der Waals surface area contributed by atoms with Crippen LogP contribution in [0.25, 0.3) is 0 Å². The van der Waals surface area contributed by atoms with E-state index in [9.17, 15) is 13.2 Å². The van der Waals surface area contributed by atoms with Crippen molar-refractivity contribution >= 4 is 17.3 Å². The van der Waals surface area contributed by atoms with Gasteiger partial charge in [-0.25, -0.2) is 4.98 Å². The van der Waals surface area contributed by atoms with Gasteiger partial charge in [-0.05, 0) is 31.4 Å². The van der Waals surface area contributed by atoms with E-state index >= 15 is 0 Å². The topological polar surface area (TPSA) is 58.5 Å². The number of guanidine groups is 1. The van der Waals surface area contributed by atoms with Crippen LogP contribution < -0.4 is 10.6 Å². The standard InChI is InChI=1S/C21H27F3N4OS/c1-15-13-27-18(30-15)6-9-26-19(25-2)28-14-20(7-10-29-11-8-20)16-4-3-5-17(12-16)21(22,23)24/h3-5,12-13H,6-11,14H2,1-2H3,(H2,25,26,28). The molecule has 1 aromatic heterocycles. The van der Waals surface area contributed by atoms with Crippen molar-refractivity contribution in [2.24, 2.45) is 4.99 Å². The summed E-state index contributed by atoms with van der Waals surface area (Å²) in [6, 6.07) is 5.65. The van der Waals surface area contributed by atoms with Gasteiger partial charge in [0.1, 0.15) is 0 Å². The molecular formula is C21H27F3N4OS. The van der Waals surface area contributed by atoms with Crippen LogP contribution in [0.5, 0.6) is 0 Å². The molecule has 0 amide bonds. The Hall–Kier alpha value is -2.13. The van der Waals surface area contributed by atoms with Crippen LogP contribution in [-0.4, -0.2) is 44.3 Å². The molecule has 2 N–H and O–H groups in total. The average Bonchev–Trinajstić information content (AvgIpc) is 3.15. The molecule has 0 saturated carbocycles. The van der Waals surface area contributed by atoms with E-state index < -0.39 is 17.2 Å². The minimum Gasteiger partial charge on any atom is -0.381 e. The highest BCUT2D eigenvalue weighted by Crippen LogP contribution is 2.37. The molecule has 1 aliphatic heterocycles. The number of ether oxygens (including phenoxy) is 1. The lowest BCUT2D eigenvalue weighted by Crippen LogP contribution is -2.48. The Morgan fingerprint density at radius 2 is 2.03 bits per heavy atom. The van der Waals surface area contributed by atoms with Gasteiger partial charge in [0.25, 0.3) is 0 Å². The highest BCUT2D eigenvalue weighted by molar-refractivity contribution is 7.11. The fourth-order valence-corrected chi connectivity index (χ4v) is 4.42. The molecule has 0 spiro atoms. The van der Waals surface area contributed by atoms with Crippen molar-refractivity contribution in [1.29, 1.82) is 0 Å². The molecule has 0 unspecified atom stereocenters. The van der Waals surface area contributed by atoms with Gasteiger partial charge >= 0.3 is 6.18 Å². The van der Waals surface area contributed by atoms with Crippen molar-refractivity contribution in [3.63, 3.8) is 0 Å². The second-order valence-electron chi connectivity index (χ2n) is 7.44. The van der Waals surface area contributed by atoms with Crippen LogP contribution in [0.15, 0.2) is 35.5 Å². The summed E-state index contributed by atoms with van der Waals surface area (Å²) in [5.74, 6) is 0.626. The van der Waals surface area contributed by atoms with E-state index in [0.29, 0.717) is 50.7 Å². The molecule has 1 aliphatic rings. The number of hydrogen-bond donors (Lipinski definition) is 2. The van der Waals surface area contributed by atoms with Crippen LogP contribution in [0.1, 0.15) is 33.9 Å². The lowest BCUT2D eigenvalue weighted by Gasteiger charge is -2.38. The number of hydrogen-bond acceptors (Lipinski definition) is 4. The van der Waals surface area contributed by atoms with Crippen LogP contribution in [-0.2, 0) is 22.7 Å². The number of thiazole rings is 1. The average molecular weight is 441 g/mol. The zero-order chi connectivity index (χ0) is 21.6. The fourth-order valence-electron chi connectivity index (χ4n) is 3.63. The van der Waals surface area contributed by atoms with Gasteiger partial charge in [-0.2, -0.15) is 13.2 Å². The second-order valence-corrected chi connectivity index (χ2v) is 8.76. The van der Waals surface area contributed by atoms with Crippen molar-refractivity contribution in [3.05, 3.63) is 51.5 Å². The van der Waals surface area contributed by atoms with Crippen molar-refractivity contribution in [2.45, 2.75) is 37.8 Å². The number of rotatable bonds is 6. The van der Waals surface area contributed by atoms with E-state index in [2.05, 4.69) is 20.6 Å². The summed E-state index contributed by atoms with van der Waals surface area (Å²) in [4.78, 5) is 9.78. The molecule has 1 saturated heterocycles. The van der Waals surface area contributed by atoms with Crippen molar-refractivity contribution in [3.8, 4) is 0 Å². The van der Waals surface area contributed by atoms with Crippen LogP contribution in [0.3, 0.4) is 0 Å². The quantitative estimate of drug-likeness (QED) is 0.528. The maximum absolute atomic E-state index is 13.2. The zero-order valence-corrected chi connectivity index (χ0v) is 18.0. The minimum absolute atomic E-state index is 0.441. The molecule has 1 aromatic carbocycles. The molecular weight excluding hydrogens is 413 g/mol. The monoisotopic (exact) mass is 440 g/mol. The first-order valence-corrected chi connectivity index (χ1v) is 10.8. The number of nitrogens with zero attached hydrogens (tertiary/aromatic N) is 2. The Morgan fingerprint density at radius 1 is 1.27 bits per heavy atom. The molecule has 164 valence electrons. The Labute approximate surface area is 178 Å². The van der Waals surface area contributed by atoms with Crippen molar-refractivity contribution in [2.75, 3.05) is 33.4 Å². The van der Waals surface area contributed by atoms with Gasteiger partial charge in [-0.3, -0.25) is 4.99 Å². The predicted molar refractivity (Wildman–Crippen MR) is 113 cm³/mol. The van der Waals surface area contributed by atoms with E-state index in [1.165, 1.54) is 17.0 Å². The highest BCUT2D eigenvalue weighted by Gasteiger charge is 2.37. The summed E-state index contributed by atoms with van der Waals surface area (Å²) < 4.78 is 45.2. The first kappa shape index (κ1) is 22.6. The minimum atomic E-state index is -4.36. The Balaban J connectivity index is 1.67. The van der Waals surface area contributed by atoms with E-state index in [1.54, 1.807) is 24.5 Å². The normalized spacial score (nSPS) is 17.0. The summed E-state index contributed by atoms with van der Waals surface area (Å²) >= 11 is 1.67. The lowest BCUT2D eigenvalue weighted by atomic mass is 9.73. The van der Waals surface area contributed by atoms with Gasteiger partial charge in [0.05, 0.1) is 10.6 Å². The largest absolute Gasteiger partial charge is 0.416 e. The van der Waals surface area contributed by atoms with Crippen molar-refractivity contribution in [1.82, 2.24) is 15.6 Å². The molecule has 2 aromatic rings. The SMILES string of the molecule is CN=C(NCCc1ncc(C)s1)NCC1(c2cccc(C(F)(F)F)c2)CCOCC1. The lowest BCUT2D eigenvalue weighted by molar-refractivity contribution is -0.137. The first-order valence-electron chi connectivity index (χ1n) is 9.94. The number of aromatic nitrogens is 1. The van der Waals surface area contributed by atoms with Crippen LogP contribution in [0.4, 0.5) is 13.2 Å². The molecule has 5 nitrogen and oxygen atoms in total. The summed E-state index contributed by atoms with van der Waals surface area (Å²) in [7, 11) is 1.68. The Kier molecular flexibility index (Phi) is 7.36. The fraction of sp³-hybridized carbons (Fsp3) is 0.524. The molecule has 2 heterocycles. The Morgan fingerprint density at radius 3 is 2.67 bits per heavy atom. The summed E-state index contributed by atoms with van der Waals surface area (Å²) in [6.07, 6.45) is -0.419. The Bertz CT molecular complexity index is 860. The van der Waals surface area contributed by atoms with E-state index in [1.807, 2.05) is 13.1 Å². The first-order chi connectivity index (χ1) is 14.3. The molecule has 0 bridgehead atoms. The van der Waals surface area contributed by atoms with Gasteiger partial charge in [-0.15, -0.1) is 11.3 Å². The van der Waals surface area contributed by atoms with Gasteiger partial charge < -0.3 is 15.4 Å². The maximum Gasteiger partial charge on any atom is 0.416 e. The van der Waals surface area contributed by atoms with E-state index in [-0.39, 0.29) is 0 Å². The highest BCUT2D eigenvalue weighted by atomic mass is 32.1. The third kappa shape index (κ3) is 5.72. The van der Waals surface area contributed by atoms with Gasteiger partial charge in [0.15, 0.2) is 5.96 Å². The summed E-state index contributed by atoms with van der Waals surface area (Å²) in [5, 5.41) is 7.63. The molecule has 3 rings (SSSR count). The number of halogens is 3. The predicted octanol–water partition coefficient (Wildman–Crippen LogP) is 3.93. The van der Waals surface area contributed by atoms with E-state index in [0.717, 1.165) is 17.5 Å². The summed E-state index contributed by atoms with van der Waals surface area (Å²) in [5.41, 5.74) is -0.377. The van der Waals surface area contributed by atoms with Crippen molar-refractivity contribution < 1.29 is 17.9 Å². The molecule has 1 fully saturated rings. The third-order valence-corrected chi connectivity index (χ3v) is 6.34. The smallest absolute Gasteiger partial charge is 0.381 e. The number of nitrogens with one attached hydrogen (secondary N) is 2.